The lowest BCUT2D eigenvalue weighted by molar-refractivity contribution is 0.843. The smallest absolute Gasteiger partial charge is 0.0660 e. The van der Waals surface area contributed by atoms with Crippen LogP contribution in [-0.2, 0) is 12.8 Å². The molecule has 0 nitrogen and oxygen atoms in total. The highest BCUT2D eigenvalue weighted by molar-refractivity contribution is 6.97. The van der Waals surface area contributed by atoms with Gasteiger partial charge in [-0.05, 0) is 56.2 Å². The first-order chi connectivity index (χ1) is 11.3. The second kappa shape index (κ2) is 7.43. The highest BCUT2D eigenvalue weighted by Crippen LogP contribution is 2.42. The molecule has 1 aromatic carbocycles. The number of hydrogen-bond donors (Lipinski definition) is 0. The number of allylic oxidation sites excluding steroid dienone is 4. The minimum absolute atomic E-state index is 0.628. The van der Waals surface area contributed by atoms with Crippen LogP contribution >= 0.6 is 0 Å². The Kier molecular flexibility index (Phi) is 5.96. The van der Waals surface area contributed by atoms with Gasteiger partial charge in [-0.25, -0.2) is 0 Å². The Morgan fingerprint density at radius 3 is 1.79 bits per heavy atom. The Labute approximate surface area is 151 Å². The lowest BCUT2D eigenvalue weighted by Crippen LogP contribution is -2.49. The zero-order chi connectivity index (χ0) is 18.1. The summed E-state index contributed by atoms with van der Waals surface area (Å²) in [6.07, 6.45) is 3.56. The second-order valence-electron chi connectivity index (χ2n) is 7.90. The Bertz CT molecular complexity index is 655. The molecular formula is C23H36Si. The number of rotatable bonds is 6. The molecule has 2 atom stereocenters. The van der Waals surface area contributed by atoms with Gasteiger partial charge in [-0.15, -0.1) is 0 Å². The van der Waals surface area contributed by atoms with E-state index in [4.69, 9.17) is 0 Å². The summed E-state index contributed by atoms with van der Waals surface area (Å²) >= 11 is 0. The zero-order valence-electron chi connectivity index (χ0n) is 17.1. The van der Waals surface area contributed by atoms with Crippen LogP contribution in [0.15, 0.2) is 40.1 Å². The SMILES string of the molecule is CCC[Si](C)(C1=C(C)C(C)=C(C)C1C)c1cc(CC)cc(CC)c1. The molecule has 0 saturated heterocycles. The molecule has 0 saturated carbocycles. The predicted octanol–water partition coefficient (Wildman–Crippen LogP) is 6.35. The van der Waals surface area contributed by atoms with E-state index in [-0.39, 0.29) is 0 Å². The summed E-state index contributed by atoms with van der Waals surface area (Å²) in [6, 6.07) is 8.85. The van der Waals surface area contributed by atoms with Crippen molar-refractivity contribution < 1.29 is 0 Å². The number of aryl methyl sites for hydroxylation is 2. The van der Waals surface area contributed by atoms with Gasteiger partial charge in [0.05, 0.1) is 0 Å². The van der Waals surface area contributed by atoms with E-state index in [1.807, 2.05) is 0 Å². The van der Waals surface area contributed by atoms with Crippen LogP contribution < -0.4 is 5.19 Å². The highest BCUT2D eigenvalue weighted by Gasteiger charge is 2.40. The van der Waals surface area contributed by atoms with Gasteiger partial charge < -0.3 is 0 Å². The first-order valence-corrected chi connectivity index (χ1v) is 12.5. The topological polar surface area (TPSA) is 0 Å². The van der Waals surface area contributed by atoms with E-state index in [9.17, 15) is 0 Å². The second-order valence-corrected chi connectivity index (χ2v) is 12.2. The molecule has 0 amide bonds. The monoisotopic (exact) mass is 340 g/mol. The van der Waals surface area contributed by atoms with Crippen LogP contribution in [0.2, 0.25) is 12.6 Å². The van der Waals surface area contributed by atoms with Gasteiger partial charge in [0.25, 0.3) is 0 Å². The van der Waals surface area contributed by atoms with E-state index >= 15 is 0 Å². The summed E-state index contributed by atoms with van der Waals surface area (Å²) in [5.41, 5.74) is 7.78. The Hall–Kier alpha value is -1.08. The fourth-order valence-corrected chi connectivity index (χ4v) is 9.74. The minimum atomic E-state index is -1.66. The average molecular weight is 341 g/mol. The molecule has 0 aromatic heterocycles. The largest absolute Gasteiger partial charge is 0.111 e. The average Bonchev–Trinajstić information content (AvgIpc) is 2.78. The van der Waals surface area contributed by atoms with Crippen molar-refractivity contribution in [3.63, 3.8) is 0 Å². The van der Waals surface area contributed by atoms with Gasteiger partial charge in [0.2, 0.25) is 0 Å². The maximum Gasteiger partial charge on any atom is 0.111 e. The van der Waals surface area contributed by atoms with E-state index in [1.165, 1.54) is 23.6 Å². The van der Waals surface area contributed by atoms with Crippen molar-refractivity contribution in [1.82, 2.24) is 0 Å². The molecule has 0 radical (unpaired) electrons. The minimum Gasteiger partial charge on any atom is -0.0660 e. The lowest BCUT2D eigenvalue weighted by Gasteiger charge is -2.34. The Balaban J connectivity index is 2.66. The van der Waals surface area contributed by atoms with E-state index in [2.05, 4.69) is 73.2 Å². The molecule has 2 unspecified atom stereocenters. The molecule has 0 aliphatic heterocycles. The molecule has 1 heteroatoms. The van der Waals surface area contributed by atoms with Gasteiger partial charge >= 0.3 is 0 Å². The van der Waals surface area contributed by atoms with E-state index in [1.54, 1.807) is 27.1 Å². The van der Waals surface area contributed by atoms with Gasteiger partial charge in [0.15, 0.2) is 0 Å². The van der Waals surface area contributed by atoms with E-state index in [0.717, 1.165) is 12.8 Å². The van der Waals surface area contributed by atoms with Crippen LogP contribution in [0, 0.1) is 5.92 Å². The first kappa shape index (κ1) is 19.2. The van der Waals surface area contributed by atoms with Crippen LogP contribution in [0.25, 0.3) is 0 Å². The molecule has 2 rings (SSSR count). The molecule has 0 fully saturated rings. The van der Waals surface area contributed by atoms with Crippen molar-refractivity contribution in [2.75, 3.05) is 0 Å². The Morgan fingerprint density at radius 1 is 0.875 bits per heavy atom. The normalized spacial score (nSPS) is 20.8. The van der Waals surface area contributed by atoms with Crippen molar-refractivity contribution >= 4 is 13.3 Å². The molecule has 1 aliphatic carbocycles. The zero-order valence-corrected chi connectivity index (χ0v) is 18.1. The molecular weight excluding hydrogens is 304 g/mol. The van der Waals surface area contributed by atoms with Gasteiger partial charge in [0, 0.05) is 0 Å². The molecule has 24 heavy (non-hydrogen) atoms. The molecule has 0 heterocycles. The predicted molar refractivity (Wildman–Crippen MR) is 112 cm³/mol. The van der Waals surface area contributed by atoms with E-state index in [0.29, 0.717) is 5.92 Å². The van der Waals surface area contributed by atoms with E-state index < -0.39 is 8.07 Å². The number of hydrogen-bond acceptors (Lipinski definition) is 0. The van der Waals surface area contributed by atoms with Crippen LogP contribution in [0.4, 0.5) is 0 Å². The van der Waals surface area contributed by atoms with Gasteiger partial charge in [0.1, 0.15) is 8.07 Å². The summed E-state index contributed by atoms with van der Waals surface area (Å²) in [4.78, 5) is 0. The fourth-order valence-electron chi connectivity index (χ4n) is 4.68. The standard InChI is InChI=1S/C23H36Si/c1-9-12-24(8,23-18(6)16(4)17(5)19(23)7)22-14-20(10-2)13-21(11-3)15-22/h13-15,18H,9-12H2,1-8H3. The maximum absolute atomic E-state index is 2.63. The summed E-state index contributed by atoms with van der Waals surface area (Å²) in [7, 11) is -1.66. The van der Waals surface area contributed by atoms with Gasteiger partial charge in [-0.3, -0.25) is 0 Å². The third-order valence-corrected chi connectivity index (χ3v) is 11.6. The van der Waals surface area contributed by atoms with Crippen molar-refractivity contribution in [2.45, 2.75) is 80.3 Å². The quantitative estimate of drug-likeness (QED) is 0.529. The Morgan fingerprint density at radius 2 is 1.42 bits per heavy atom. The fraction of sp³-hybridized carbons (Fsp3) is 0.565. The summed E-state index contributed by atoms with van der Waals surface area (Å²) in [5, 5.41) is 3.47. The molecule has 1 aromatic rings. The van der Waals surface area contributed by atoms with Gasteiger partial charge in [-0.2, -0.15) is 0 Å². The van der Waals surface area contributed by atoms with Crippen LogP contribution in [0.1, 0.15) is 66.0 Å². The highest BCUT2D eigenvalue weighted by atomic mass is 28.3. The molecule has 132 valence electrons. The third kappa shape index (κ3) is 3.20. The molecule has 0 N–H and O–H groups in total. The van der Waals surface area contributed by atoms with Crippen LogP contribution in [-0.4, -0.2) is 8.07 Å². The first-order valence-electron chi connectivity index (χ1n) is 9.82. The van der Waals surface area contributed by atoms with Crippen LogP contribution in [0.5, 0.6) is 0 Å². The van der Waals surface area contributed by atoms with Crippen molar-refractivity contribution in [3.8, 4) is 0 Å². The molecule has 1 aliphatic rings. The summed E-state index contributed by atoms with van der Waals surface area (Å²) in [5.74, 6) is 0.628. The maximum atomic E-state index is 2.63. The summed E-state index contributed by atoms with van der Waals surface area (Å²) in [6.45, 7) is 19.1. The third-order valence-electron chi connectivity index (χ3n) is 6.49. The van der Waals surface area contributed by atoms with Gasteiger partial charge in [-0.1, -0.05) is 86.4 Å². The molecule has 0 spiro atoms. The number of benzene rings is 1. The van der Waals surface area contributed by atoms with Crippen LogP contribution in [0.3, 0.4) is 0 Å². The van der Waals surface area contributed by atoms with Crippen molar-refractivity contribution in [2.24, 2.45) is 5.92 Å². The lowest BCUT2D eigenvalue weighted by atomic mass is 10.1. The van der Waals surface area contributed by atoms with Crippen molar-refractivity contribution in [1.29, 1.82) is 0 Å². The molecule has 0 bridgehead atoms. The summed E-state index contributed by atoms with van der Waals surface area (Å²) < 4.78 is 0. The van der Waals surface area contributed by atoms with Crippen molar-refractivity contribution in [3.05, 3.63) is 51.2 Å².